The average Bonchev–Trinajstić information content (AvgIpc) is 2.76. The minimum Gasteiger partial charge on any atom is -0.381 e. The third-order valence-electron chi connectivity index (χ3n) is 3.79. The van der Waals surface area contributed by atoms with Crippen LogP contribution < -0.4 is 5.32 Å². The van der Waals surface area contributed by atoms with E-state index in [1.807, 2.05) is 0 Å². The Morgan fingerprint density at radius 3 is 2.75 bits per heavy atom. The molecule has 1 saturated carbocycles. The summed E-state index contributed by atoms with van der Waals surface area (Å²) >= 11 is 0. The van der Waals surface area contributed by atoms with Gasteiger partial charge in [-0.05, 0) is 44.6 Å². The number of ether oxygens (including phenoxy) is 2. The molecule has 0 spiro atoms. The van der Waals surface area contributed by atoms with Crippen molar-refractivity contribution in [1.29, 1.82) is 0 Å². The zero-order valence-electron chi connectivity index (χ0n) is 10.4. The molecule has 2 rings (SSSR count). The molecule has 2 unspecified atom stereocenters. The van der Waals surface area contributed by atoms with Gasteiger partial charge in [-0.1, -0.05) is 6.92 Å². The molecule has 3 heteroatoms. The van der Waals surface area contributed by atoms with Crippen molar-refractivity contribution in [2.45, 2.75) is 51.2 Å². The molecule has 2 atom stereocenters. The highest BCUT2D eigenvalue weighted by atomic mass is 16.5. The zero-order chi connectivity index (χ0) is 11.2. The van der Waals surface area contributed by atoms with Gasteiger partial charge in [0.25, 0.3) is 0 Å². The van der Waals surface area contributed by atoms with E-state index in [1.54, 1.807) is 0 Å². The Labute approximate surface area is 98.9 Å². The summed E-state index contributed by atoms with van der Waals surface area (Å²) in [6.07, 6.45) is 6.60. The maximum absolute atomic E-state index is 6.02. The van der Waals surface area contributed by atoms with Gasteiger partial charge in [0.15, 0.2) is 0 Å². The fourth-order valence-corrected chi connectivity index (χ4v) is 2.75. The summed E-state index contributed by atoms with van der Waals surface area (Å²) in [5.74, 6) is 0.743. The first-order valence-corrected chi connectivity index (χ1v) is 6.81. The topological polar surface area (TPSA) is 30.5 Å². The SMILES string of the molecule is CCNC1CCC(OCC2CCOCC2)C1. The van der Waals surface area contributed by atoms with E-state index >= 15 is 0 Å². The molecule has 0 aromatic heterocycles. The van der Waals surface area contributed by atoms with Crippen molar-refractivity contribution in [1.82, 2.24) is 5.32 Å². The molecule has 1 saturated heterocycles. The van der Waals surface area contributed by atoms with Gasteiger partial charge in [0.2, 0.25) is 0 Å². The van der Waals surface area contributed by atoms with Crippen molar-refractivity contribution >= 4 is 0 Å². The van der Waals surface area contributed by atoms with Gasteiger partial charge in [0.05, 0.1) is 6.10 Å². The predicted octanol–water partition coefficient (Wildman–Crippen LogP) is 1.96. The van der Waals surface area contributed by atoms with Crippen molar-refractivity contribution < 1.29 is 9.47 Å². The fourth-order valence-electron chi connectivity index (χ4n) is 2.75. The van der Waals surface area contributed by atoms with E-state index in [1.165, 1.54) is 32.1 Å². The molecule has 1 N–H and O–H groups in total. The van der Waals surface area contributed by atoms with Gasteiger partial charge in [0.1, 0.15) is 0 Å². The molecule has 16 heavy (non-hydrogen) atoms. The molecule has 1 aliphatic heterocycles. The normalized spacial score (nSPS) is 32.1. The molecule has 1 aliphatic carbocycles. The number of hydrogen-bond donors (Lipinski definition) is 1. The lowest BCUT2D eigenvalue weighted by molar-refractivity contribution is -0.00889. The molecule has 3 nitrogen and oxygen atoms in total. The van der Waals surface area contributed by atoms with Crippen LogP contribution >= 0.6 is 0 Å². The highest BCUT2D eigenvalue weighted by Gasteiger charge is 2.25. The number of hydrogen-bond acceptors (Lipinski definition) is 3. The van der Waals surface area contributed by atoms with Gasteiger partial charge in [-0.25, -0.2) is 0 Å². The molecule has 94 valence electrons. The van der Waals surface area contributed by atoms with Crippen LogP contribution in [0, 0.1) is 5.92 Å². The van der Waals surface area contributed by atoms with Gasteiger partial charge in [-0.3, -0.25) is 0 Å². The van der Waals surface area contributed by atoms with Gasteiger partial charge >= 0.3 is 0 Å². The zero-order valence-corrected chi connectivity index (χ0v) is 10.4. The Morgan fingerprint density at radius 2 is 2.00 bits per heavy atom. The Morgan fingerprint density at radius 1 is 1.19 bits per heavy atom. The third kappa shape index (κ3) is 3.72. The lowest BCUT2D eigenvalue weighted by Crippen LogP contribution is -2.27. The molecule has 2 fully saturated rings. The van der Waals surface area contributed by atoms with Crippen LogP contribution in [0.2, 0.25) is 0 Å². The minimum atomic E-state index is 0.506. The lowest BCUT2D eigenvalue weighted by Gasteiger charge is -2.23. The first-order chi connectivity index (χ1) is 7.88. The van der Waals surface area contributed by atoms with Crippen molar-refractivity contribution in [3.63, 3.8) is 0 Å². The maximum atomic E-state index is 6.02. The van der Waals surface area contributed by atoms with E-state index in [2.05, 4.69) is 12.2 Å². The Bertz CT molecular complexity index is 192. The molecule has 0 radical (unpaired) electrons. The molecule has 1 heterocycles. The molecule has 2 aliphatic rings. The Kier molecular flexibility index (Phi) is 5.07. The maximum Gasteiger partial charge on any atom is 0.0590 e. The third-order valence-corrected chi connectivity index (χ3v) is 3.79. The van der Waals surface area contributed by atoms with Crippen LogP contribution in [0.5, 0.6) is 0 Å². The summed E-state index contributed by atoms with van der Waals surface area (Å²) in [6, 6.07) is 0.699. The summed E-state index contributed by atoms with van der Waals surface area (Å²) in [5, 5.41) is 3.51. The van der Waals surface area contributed by atoms with Gasteiger partial charge in [0, 0.05) is 25.9 Å². The lowest BCUT2D eigenvalue weighted by atomic mass is 10.0. The van der Waals surface area contributed by atoms with Crippen LogP contribution in [0.1, 0.15) is 39.0 Å². The summed E-state index contributed by atoms with van der Waals surface area (Å²) in [7, 11) is 0. The number of rotatable bonds is 5. The molecule has 0 aromatic rings. The molecule has 0 amide bonds. The second-order valence-corrected chi connectivity index (χ2v) is 5.08. The summed E-state index contributed by atoms with van der Waals surface area (Å²) in [6.45, 7) is 6.07. The van der Waals surface area contributed by atoms with Crippen LogP contribution in [0.15, 0.2) is 0 Å². The average molecular weight is 227 g/mol. The van der Waals surface area contributed by atoms with Crippen molar-refractivity contribution in [2.75, 3.05) is 26.4 Å². The highest BCUT2D eigenvalue weighted by Crippen LogP contribution is 2.24. The highest BCUT2D eigenvalue weighted by molar-refractivity contribution is 4.81. The Hall–Kier alpha value is -0.120. The van der Waals surface area contributed by atoms with Gasteiger partial charge in [-0.15, -0.1) is 0 Å². The smallest absolute Gasteiger partial charge is 0.0590 e. The molecule has 0 bridgehead atoms. The van der Waals surface area contributed by atoms with Crippen molar-refractivity contribution in [2.24, 2.45) is 5.92 Å². The van der Waals surface area contributed by atoms with Crippen LogP contribution in [0.4, 0.5) is 0 Å². The first-order valence-electron chi connectivity index (χ1n) is 6.81. The molecular formula is C13H25NO2. The largest absolute Gasteiger partial charge is 0.381 e. The predicted molar refractivity (Wildman–Crippen MR) is 64.6 cm³/mol. The van der Waals surface area contributed by atoms with E-state index < -0.39 is 0 Å². The van der Waals surface area contributed by atoms with Crippen molar-refractivity contribution in [3.05, 3.63) is 0 Å². The van der Waals surface area contributed by atoms with E-state index in [-0.39, 0.29) is 0 Å². The van der Waals surface area contributed by atoms with Crippen molar-refractivity contribution in [3.8, 4) is 0 Å². The van der Waals surface area contributed by atoms with E-state index in [0.29, 0.717) is 12.1 Å². The summed E-state index contributed by atoms with van der Waals surface area (Å²) in [4.78, 5) is 0. The van der Waals surface area contributed by atoms with Gasteiger partial charge in [-0.2, -0.15) is 0 Å². The number of nitrogens with one attached hydrogen (secondary N) is 1. The van der Waals surface area contributed by atoms with Crippen LogP contribution in [-0.4, -0.2) is 38.5 Å². The van der Waals surface area contributed by atoms with E-state index in [4.69, 9.17) is 9.47 Å². The molecular weight excluding hydrogens is 202 g/mol. The summed E-state index contributed by atoms with van der Waals surface area (Å²) in [5.41, 5.74) is 0. The second kappa shape index (κ2) is 6.58. The van der Waals surface area contributed by atoms with E-state index in [0.717, 1.165) is 32.3 Å². The van der Waals surface area contributed by atoms with Crippen LogP contribution in [0.3, 0.4) is 0 Å². The monoisotopic (exact) mass is 227 g/mol. The van der Waals surface area contributed by atoms with Gasteiger partial charge < -0.3 is 14.8 Å². The Balaban J connectivity index is 1.59. The van der Waals surface area contributed by atoms with E-state index in [9.17, 15) is 0 Å². The quantitative estimate of drug-likeness (QED) is 0.779. The first kappa shape index (κ1) is 12.3. The van der Waals surface area contributed by atoms with Crippen LogP contribution in [-0.2, 0) is 9.47 Å². The summed E-state index contributed by atoms with van der Waals surface area (Å²) < 4.78 is 11.4. The molecule has 0 aromatic carbocycles. The van der Waals surface area contributed by atoms with Crippen LogP contribution in [0.25, 0.3) is 0 Å². The second-order valence-electron chi connectivity index (χ2n) is 5.08. The fraction of sp³-hybridized carbons (Fsp3) is 1.00. The minimum absolute atomic E-state index is 0.506. The standard InChI is InChI=1S/C13H25NO2/c1-2-14-12-3-4-13(9-12)16-10-11-5-7-15-8-6-11/h11-14H,2-10H2,1H3.